The topological polar surface area (TPSA) is 55.8 Å². The van der Waals surface area contributed by atoms with Gasteiger partial charge in [0, 0.05) is 11.4 Å². The molecule has 0 spiro atoms. The number of para-hydroxylation sites is 1. The van der Waals surface area contributed by atoms with Crippen LogP contribution < -0.4 is 4.74 Å². The van der Waals surface area contributed by atoms with Crippen LogP contribution in [-0.4, -0.2) is 36.5 Å². The van der Waals surface area contributed by atoms with Crippen molar-refractivity contribution in [1.29, 1.82) is 0 Å². The molecule has 5 nitrogen and oxygen atoms in total. The smallest absolute Gasteiger partial charge is 0.344 e. The maximum absolute atomic E-state index is 12.4. The standard InChI is InChI=1S/C18H18ClNO4S/c19-13-5-1-2-7-15(13)23-12-18(22)24-11-17(21)20-9-3-6-14(20)16-8-4-10-25-16/h1-2,4-5,7-8,10,14H,3,6,9,11-12H2. The molecule has 1 aromatic carbocycles. The van der Waals surface area contributed by atoms with Crippen LogP contribution in [-0.2, 0) is 14.3 Å². The lowest BCUT2D eigenvalue weighted by molar-refractivity contribution is -0.154. The number of carbonyl (C=O) groups is 2. The maximum Gasteiger partial charge on any atom is 0.344 e. The third-order valence-electron chi connectivity index (χ3n) is 3.98. The van der Waals surface area contributed by atoms with Crippen LogP contribution in [0.25, 0.3) is 0 Å². The van der Waals surface area contributed by atoms with Crippen LogP contribution in [0, 0.1) is 0 Å². The Morgan fingerprint density at radius 2 is 2.04 bits per heavy atom. The fraction of sp³-hybridized carbons (Fsp3) is 0.333. The Labute approximate surface area is 155 Å². The van der Waals surface area contributed by atoms with Crippen molar-refractivity contribution in [3.05, 3.63) is 51.7 Å². The van der Waals surface area contributed by atoms with E-state index in [0.29, 0.717) is 17.3 Å². The number of benzene rings is 1. The van der Waals surface area contributed by atoms with E-state index >= 15 is 0 Å². The van der Waals surface area contributed by atoms with Crippen LogP contribution in [0.3, 0.4) is 0 Å². The van der Waals surface area contributed by atoms with E-state index in [-0.39, 0.29) is 25.2 Å². The number of likely N-dealkylation sites (tertiary alicyclic amines) is 1. The molecule has 1 unspecified atom stereocenters. The molecule has 1 aliphatic rings. The summed E-state index contributed by atoms with van der Waals surface area (Å²) in [6.45, 7) is 0.132. The van der Waals surface area contributed by atoms with Crippen molar-refractivity contribution in [3.8, 4) is 5.75 Å². The second-order valence-electron chi connectivity index (χ2n) is 5.64. The molecule has 1 aliphatic heterocycles. The Bertz CT molecular complexity index is 734. The zero-order valence-electron chi connectivity index (χ0n) is 13.5. The Kier molecular flexibility index (Phi) is 5.94. The minimum Gasteiger partial charge on any atom is -0.480 e. The summed E-state index contributed by atoms with van der Waals surface area (Å²) in [5.41, 5.74) is 0. The highest BCUT2D eigenvalue weighted by molar-refractivity contribution is 7.10. The third-order valence-corrected chi connectivity index (χ3v) is 5.27. The van der Waals surface area contributed by atoms with Crippen molar-refractivity contribution in [2.24, 2.45) is 0 Å². The van der Waals surface area contributed by atoms with Gasteiger partial charge in [-0.15, -0.1) is 11.3 Å². The number of carbonyl (C=O) groups excluding carboxylic acids is 2. The number of amides is 1. The lowest BCUT2D eigenvalue weighted by Crippen LogP contribution is -2.34. The highest BCUT2D eigenvalue weighted by Gasteiger charge is 2.30. The van der Waals surface area contributed by atoms with Gasteiger partial charge >= 0.3 is 5.97 Å². The third kappa shape index (κ3) is 4.52. The molecule has 2 aromatic rings. The van der Waals surface area contributed by atoms with Gasteiger partial charge in [-0.25, -0.2) is 4.79 Å². The predicted octanol–water partition coefficient (Wildman–Crippen LogP) is 3.69. The lowest BCUT2D eigenvalue weighted by atomic mass is 10.2. The molecule has 0 aliphatic carbocycles. The van der Waals surface area contributed by atoms with Crippen molar-refractivity contribution in [2.45, 2.75) is 18.9 Å². The van der Waals surface area contributed by atoms with E-state index in [0.717, 1.165) is 12.8 Å². The molecule has 0 N–H and O–H groups in total. The summed E-state index contributed by atoms with van der Waals surface area (Å²) >= 11 is 7.59. The molecule has 1 saturated heterocycles. The number of halogens is 1. The quantitative estimate of drug-likeness (QED) is 0.718. The molecule has 1 fully saturated rings. The first-order chi connectivity index (χ1) is 12.1. The Balaban J connectivity index is 1.47. The van der Waals surface area contributed by atoms with E-state index in [1.54, 1.807) is 40.5 Å². The van der Waals surface area contributed by atoms with Gasteiger partial charge in [-0.1, -0.05) is 29.8 Å². The number of esters is 1. The molecule has 1 atom stereocenters. The second-order valence-corrected chi connectivity index (χ2v) is 7.03. The molecule has 3 rings (SSSR count). The molecule has 0 saturated carbocycles. The van der Waals surface area contributed by atoms with Gasteiger partial charge in [-0.05, 0) is 36.4 Å². The molecule has 132 valence electrons. The average Bonchev–Trinajstić information content (AvgIpc) is 3.29. The minimum atomic E-state index is -0.597. The number of thiophene rings is 1. The SMILES string of the molecule is O=C(COc1ccccc1Cl)OCC(=O)N1CCCC1c1cccs1. The van der Waals surface area contributed by atoms with E-state index in [1.807, 2.05) is 17.5 Å². The number of rotatable bonds is 6. The van der Waals surface area contributed by atoms with Gasteiger partial charge in [-0.2, -0.15) is 0 Å². The zero-order valence-corrected chi connectivity index (χ0v) is 15.1. The van der Waals surface area contributed by atoms with Gasteiger partial charge in [0.15, 0.2) is 13.2 Å². The molecule has 2 heterocycles. The summed E-state index contributed by atoms with van der Waals surface area (Å²) in [6.07, 6.45) is 1.90. The van der Waals surface area contributed by atoms with E-state index in [2.05, 4.69) is 0 Å². The lowest BCUT2D eigenvalue weighted by Gasteiger charge is -2.23. The van der Waals surface area contributed by atoms with Crippen molar-refractivity contribution in [1.82, 2.24) is 4.90 Å². The van der Waals surface area contributed by atoms with Crippen LogP contribution in [0.4, 0.5) is 0 Å². The number of ether oxygens (including phenoxy) is 2. The van der Waals surface area contributed by atoms with Crippen molar-refractivity contribution in [3.63, 3.8) is 0 Å². The number of hydrogen-bond donors (Lipinski definition) is 0. The van der Waals surface area contributed by atoms with Crippen LogP contribution in [0.5, 0.6) is 5.75 Å². The summed E-state index contributed by atoms with van der Waals surface area (Å²) in [6, 6.07) is 11.0. The van der Waals surface area contributed by atoms with E-state index < -0.39 is 5.97 Å². The molecule has 1 aromatic heterocycles. The summed E-state index contributed by atoms with van der Waals surface area (Å²) in [4.78, 5) is 27.1. The normalized spacial score (nSPS) is 16.7. The summed E-state index contributed by atoms with van der Waals surface area (Å²) in [7, 11) is 0. The first-order valence-corrected chi connectivity index (χ1v) is 9.27. The van der Waals surface area contributed by atoms with E-state index in [1.165, 1.54) is 4.88 Å². The Morgan fingerprint density at radius 3 is 2.80 bits per heavy atom. The fourth-order valence-electron chi connectivity index (χ4n) is 2.81. The van der Waals surface area contributed by atoms with Crippen LogP contribution in [0.15, 0.2) is 41.8 Å². The molecule has 0 radical (unpaired) electrons. The fourth-order valence-corrected chi connectivity index (χ4v) is 3.87. The maximum atomic E-state index is 12.4. The first-order valence-electron chi connectivity index (χ1n) is 8.01. The number of hydrogen-bond acceptors (Lipinski definition) is 5. The summed E-state index contributed by atoms with van der Waals surface area (Å²) in [5, 5.41) is 2.42. The number of nitrogens with zero attached hydrogens (tertiary/aromatic N) is 1. The molecule has 7 heteroatoms. The first kappa shape index (κ1) is 17.8. The highest BCUT2D eigenvalue weighted by atomic mass is 35.5. The van der Waals surface area contributed by atoms with Gasteiger partial charge in [-0.3, -0.25) is 4.79 Å². The molecule has 1 amide bonds. The predicted molar refractivity (Wildman–Crippen MR) is 95.9 cm³/mol. The van der Waals surface area contributed by atoms with Gasteiger partial charge in [0.25, 0.3) is 5.91 Å². The molecule has 0 bridgehead atoms. The van der Waals surface area contributed by atoms with E-state index in [4.69, 9.17) is 21.1 Å². The highest BCUT2D eigenvalue weighted by Crippen LogP contribution is 2.34. The van der Waals surface area contributed by atoms with Crippen LogP contribution in [0.1, 0.15) is 23.8 Å². The summed E-state index contributed by atoms with van der Waals surface area (Å²) < 4.78 is 10.4. The van der Waals surface area contributed by atoms with Crippen molar-refractivity contribution in [2.75, 3.05) is 19.8 Å². The Morgan fingerprint density at radius 1 is 1.20 bits per heavy atom. The van der Waals surface area contributed by atoms with Gasteiger partial charge in [0.1, 0.15) is 5.75 Å². The van der Waals surface area contributed by atoms with Gasteiger partial charge in [0.2, 0.25) is 0 Å². The van der Waals surface area contributed by atoms with Crippen LogP contribution >= 0.6 is 22.9 Å². The second kappa shape index (κ2) is 8.36. The Hall–Kier alpha value is -2.05. The summed E-state index contributed by atoms with van der Waals surface area (Å²) in [5.74, 6) is -0.369. The molecular weight excluding hydrogens is 362 g/mol. The van der Waals surface area contributed by atoms with Crippen molar-refractivity contribution < 1.29 is 19.1 Å². The largest absolute Gasteiger partial charge is 0.480 e. The van der Waals surface area contributed by atoms with Crippen molar-refractivity contribution >= 4 is 34.8 Å². The van der Waals surface area contributed by atoms with Crippen LogP contribution in [0.2, 0.25) is 5.02 Å². The zero-order chi connectivity index (χ0) is 17.6. The molecular formula is C18H18ClNO4S. The minimum absolute atomic E-state index is 0.0885. The monoisotopic (exact) mass is 379 g/mol. The molecule has 25 heavy (non-hydrogen) atoms. The van der Waals surface area contributed by atoms with Gasteiger partial charge < -0.3 is 14.4 Å². The average molecular weight is 380 g/mol. The van der Waals surface area contributed by atoms with E-state index in [9.17, 15) is 9.59 Å². The van der Waals surface area contributed by atoms with Gasteiger partial charge in [0.05, 0.1) is 11.1 Å².